The predicted octanol–water partition coefficient (Wildman–Crippen LogP) is 2.00. The Balaban J connectivity index is 2.40. The second-order valence-electron chi connectivity index (χ2n) is 3.20. The van der Waals surface area contributed by atoms with E-state index < -0.39 is 0 Å². The standard InChI is InChI=1S/C10H12NO2P/c12-8-1-2-10-9(5-8)7(6-11-10)3-4-14-13/h1-2,5-6,11-14H,3-4H2. The molecule has 0 spiro atoms. The number of benzene rings is 1. The van der Waals surface area contributed by atoms with Gasteiger partial charge in [-0.3, -0.25) is 0 Å². The molecule has 0 aliphatic carbocycles. The molecule has 4 heteroatoms. The smallest absolute Gasteiger partial charge is 0.116 e. The van der Waals surface area contributed by atoms with Crippen molar-refractivity contribution in [3.63, 3.8) is 0 Å². The normalized spacial score (nSPS) is 11.8. The van der Waals surface area contributed by atoms with Crippen LogP contribution in [-0.2, 0) is 6.42 Å². The van der Waals surface area contributed by atoms with Gasteiger partial charge in [-0.05, 0) is 36.3 Å². The summed E-state index contributed by atoms with van der Waals surface area (Å²) in [4.78, 5) is 11.9. The Morgan fingerprint density at radius 2 is 2.21 bits per heavy atom. The van der Waals surface area contributed by atoms with Gasteiger partial charge in [0.15, 0.2) is 0 Å². The second kappa shape index (κ2) is 3.99. The number of aromatic nitrogens is 1. The SMILES string of the molecule is OPCCc1c[nH]c2ccc(O)cc12. The van der Waals surface area contributed by atoms with E-state index in [4.69, 9.17) is 4.89 Å². The molecule has 0 amide bonds. The van der Waals surface area contributed by atoms with Crippen molar-refractivity contribution in [3.05, 3.63) is 30.0 Å². The van der Waals surface area contributed by atoms with E-state index in [-0.39, 0.29) is 14.6 Å². The van der Waals surface area contributed by atoms with Crippen LogP contribution in [0.1, 0.15) is 5.56 Å². The van der Waals surface area contributed by atoms with Crippen molar-refractivity contribution in [1.29, 1.82) is 0 Å². The molecule has 1 aromatic carbocycles. The fraction of sp³-hybridized carbons (Fsp3) is 0.200. The van der Waals surface area contributed by atoms with Crippen molar-refractivity contribution in [2.45, 2.75) is 6.42 Å². The van der Waals surface area contributed by atoms with E-state index in [1.807, 2.05) is 12.3 Å². The van der Waals surface area contributed by atoms with Crippen molar-refractivity contribution in [3.8, 4) is 5.75 Å². The summed E-state index contributed by atoms with van der Waals surface area (Å²) in [5, 5.41) is 10.4. The fourth-order valence-electron chi connectivity index (χ4n) is 1.56. The molecule has 0 aliphatic rings. The number of phenols is 1. The molecule has 2 aromatic rings. The van der Waals surface area contributed by atoms with Crippen LogP contribution in [0.5, 0.6) is 5.75 Å². The van der Waals surface area contributed by atoms with Gasteiger partial charge in [0.1, 0.15) is 5.75 Å². The number of H-pyrrole nitrogens is 1. The van der Waals surface area contributed by atoms with Gasteiger partial charge in [0, 0.05) is 25.9 Å². The summed E-state index contributed by atoms with van der Waals surface area (Å²) in [5.41, 5.74) is 2.18. The molecule has 0 aliphatic heterocycles. The highest BCUT2D eigenvalue weighted by Crippen LogP contribution is 2.24. The molecule has 0 fully saturated rings. The van der Waals surface area contributed by atoms with Crippen molar-refractivity contribution in [1.82, 2.24) is 4.98 Å². The lowest BCUT2D eigenvalue weighted by molar-refractivity contribution is 0.476. The van der Waals surface area contributed by atoms with E-state index in [2.05, 4.69) is 4.98 Å². The minimum Gasteiger partial charge on any atom is -0.508 e. The number of rotatable bonds is 3. The van der Waals surface area contributed by atoms with Crippen LogP contribution < -0.4 is 0 Å². The Hall–Kier alpha value is -1.05. The quantitative estimate of drug-likeness (QED) is 0.677. The van der Waals surface area contributed by atoms with Crippen LogP contribution in [0.4, 0.5) is 0 Å². The molecule has 1 atom stereocenters. The number of hydrogen-bond acceptors (Lipinski definition) is 2. The molecule has 0 saturated carbocycles. The number of fused-ring (bicyclic) bond motifs is 1. The summed E-state index contributed by atoms with van der Waals surface area (Å²) in [6.07, 6.45) is 3.56. The maximum Gasteiger partial charge on any atom is 0.116 e. The predicted molar refractivity (Wildman–Crippen MR) is 59.1 cm³/mol. The Morgan fingerprint density at radius 3 is 3.00 bits per heavy atom. The average molecular weight is 209 g/mol. The zero-order valence-corrected chi connectivity index (χ0v) is 8.62. The van der Waals surface area contributed by atoms with Gasteiger partial charge in [0.2, 0.25) is 0 Å². The van der Waals surface area contributed by atoms with Crippen molar-refractivity contribution >= 4 is 19.7 Å². The molecule has 3 N–H and O–H groups in total. The lowest BCUT2D eigenvalue weighted by atomic mass is 10.1. The monoisotopic (exact) mass is 209 g/mol. The van der Waals surface area contributed by atoms with Crippen LogP contribution in [0.2, 0.25) is 0 Å². The van der Waals surface area contributed by atoms with Gasteiger partial charge in [-0.1, -0.05) is 0 Å². The molecule has 1 aromatic heterocycles. The Labute approximate surface area is 83.6 Å². The Morgan fingerprint density at radius 1 is 1.36 bits per heavy atom. The highest BCUT2D eigenvalue weighted by molar-refractivity contribution is 7.31. The van der Waals surface area contributed by atoms with E-state index in [0.29, 0.717) is 0 Å². The third kappa shape index (κ3) is 1.74. The van der Waals surface area contributed by atoms with Crippen LogP contribution in [0, 0.1) is 0 Å². The topological polar surface area (TPSA) is 56.2 Å². The summed E-state index contributed by atoms with van der Waals surface area (Å²) >= 11 is 0. The summed E-state index contributed by atoms with van der Waals surface area (Å²) in [6.45, 7) is 0. The zero-order valence-electron chi connectivity index (χ0n) is 7.62. The van der Waals surface area contributed by atoms with Gasteiger partial charge in [0.25, 0.3) is 0 Å². The number of phenolic OH excluding ortho intramolecular Hbond substituents is 1. The van der Waals surface area contributed by atoms with Crippen molar-refractivity contribution < 1.29 is 10.00 Å². The van der Waals surface area contributed by atoms with Crippen molar-refractivity contribution in [2.75, 3.05) is 6.16 Å². The van der Waals surface area contributed by atoms with Crippen LogP contribution >= 0.6 is 8.81 Å². The third-order valence-electron chi connectivity index (χ3n) is 2.26. The molecule has 14 heavy (non-hydrogen) atoms. The van der Waals surface area contributed by atoms with E-state index in [9.17, 15) is 5.11 Å². The van der Waals surface area contributed by atoms with Crippen LogP contribution in [0.3, 0.4) is 0 Å². The molecule has 0 radical (unpaired) electrons. The first-order valence-electron chi connectivity index (χ1n) is 4.47. The molecule has 0 bridgehead atoms. The highest BCUT2D eigenvalue weighted by Gasteiger charge is 2.03. The molecular formula is C10H12NO2P. The van der Waals surface area contributed by atoms with Crippen LogP contribution in [0.25, 0.3) is 10.9 Å². The summed E-state index contributed by atoms with van der Waals surface area (Å²) in [6, 6.07) is 5.27. The molecule has 2 rings (SSSR count). The summed E-state index contributed by atoms with van der Waals surface area (Å²) in [7, 11) is -0.0122. The largest absolute Gasteiger partial charge is 0.508 e. The van der Waals surface area contributed by atoms with E-state index >= 15 is 0 Å². The van der Waals surface area contributed by atoms with Gasteiger partial charge < -0.3 is 15.0 Å². The van der Waals surface area contributed by atoms with E-state index in [1.54, 1.807) is 12.1 Å². The fourth-order valence-corrected chi connectivity index (χ4v) is 1.94. The number of aryl methyl sites for hydroxylation is 1. The Kier molecular flexibility index (Phi) is 2.71. The second-order valence-corrected chi connectivity index (χ2v) is 4.02. The summed E-state index contributed by atoms with van der Waals surface area (Å²) < 4.78 is 0. The third-order valence-corrected chi connectivity index (χ3v) is 2.73. The first-order valence-corrected chi connectivity index (χ1v) is 5.62. The molecule has 3 nitrogen and oxygen atoms in total. The van der Waals surface area contributed by atoms with Gasteiger partial charge >= 0.3 is 0 Å². The molecule has 0 saturated heterocycles. The maximum atomic E-state index is 9.34. The van der Waals surface area contributed by atoms with Gasteiger partial charge in [-0.2, -0.15) is 0 Å². The van der Waals surface area contributed by atoms with E-state index in [1.165, 1.54) is 0 Å². The minimum atomic E-state index is -0.0122. The van der Waals surface area contributed by atoms with Crippen molar-refractivity contribution in [2.24, 2.45) is 0 Å². The lowest BCUT2D eigenvalue weighted by Gasteiger charge is -1.97. The first kappa shape index (κ1) is 9.50. The van der Waals surface area contributed by atoms with Crippen LogP contribution in [0.15, 0.2) is 24.4 Å². The molecule has 74 valence electrons. The minimum absolute atomic E-state index is 0.0122. The first-order chi connectivity index (χ1) is 6.81. The number of nitrogens with one attached hydrogen (secondary N) is 1. The highest BCUT2D eigenvalue weighted by atomic mass is 31.1. The van der Waals surface area contributed by atoms with Gasteiger partial charge in [-0.15, -0.1) is 0 Å². The number of aromatic hydroxyl groups is 1. The lowest BCUT2D eigenvalue weighted by Crippen LogP contribution is -1.84. The van der Waals surface area contributed by atoms with Gasteiger partial charge in [0.05, 0.1) is 0 Å². The number of aromatic amines is 1. The van der Waals surface area contributed by atoms with Gasteiger partial charge in [-0.25, -0.2) is 0 Å². The molecular weight excluding hydrogens is 197 g/mol. The number of hydrogen-bond donors (Lipinski definition) is 3. The Bertz CT molecular complexity index is 439. The molecule has 1 unspecified atom stereocenters. The van der Waals surface area contributed by atoms with Crippen LogP contribution in [-0.4, -0.2) is 21.1 Å². The average Bonchev–Trinajstić information content (AvgIpc) is 2.57. The zero-order chi connectivity index (χ0) is 9.97. The maximum absolute atomic E-state index is 9.34. The molecule has 1 heterocycles. The van der Waals surface area contributed by atoms with E-state index in [0.717, 1.165) is 29.0 Å². The summed E-state index contributed by atoms with van der Waals surface area (Å²) in [5.74, 6) is 0.282.